The Morgan fingerprint density at radius 2 is 2.42 bits per heavy atom. The Morgan fingerprint density at radius 1 is 1.67 bits per heavy atom. The van der Waals surface area contributed by atoms with E-state index >= 15 is 0 Å². The van der Waals surface area contributed by atoms with Crippen LogP contribution in [0.5, 0.6) is 0 Å². The number of thioether (sulfide) groups is 1. The maximum atomic E-state index is 5.80. The average molecular weight is 222 g/mol. The molecule has 4 heteroatoms. The maximum Gasteiger partial charge on any atom is 0.0940 e. The summed E-state index contributed by atoms with van der Waals surface area (Å²) in [7, 11) is 0. The third-order valence-corrected chi connectivity index (χ3v) is 4.01. The Balaban J connectivity index is 2.41. The Labute approximate surface area is 86.3 Å². The third kappa shape index (κ3) is 3.35. The molecule has 1 heterocycles. The van der Waals surface area contributed by atoms with Crippen molar-refractivity contribution in [3.05, 3.63) is 16.5 Å². The van der Waals surface area contributed by atoms with E-state index in [1.54, 1.807) is 11.3 Å². The highest BCUT2D eigenvalue weighted by molar-refractivity contribution is 8.01. The van der Waals surface area contributed by atoms with Crippen LogP contribution in [-0.2, 0) is 0 Å². The van der Waals surface area contributed by atoms with E-state index in [1.165, 1.54) is 4.21 Å². The van der Waals surface area contributed by atoms with Gasteiger partial charge in [0, 0.05) is 5.25 Å². The lowest BCUT2D eigenvalue weighted by molar-refractivity contribution is 0.824. The average Bonchev–Trinajstić information content (AvgIpc) is 2.36. The second-order valence-electron chi connectivity index (χ2n) is 2.56. The lowest BCUT2D eigenvalue weighted by Crippen LogP contribution is -2.06. The number of hydrogen-bond donors (Lipinski definition) is 1. The summed E-state index contributed by atoms with van der Waals surface area (Å²) >= 11 is 9.27. The third-order valence-electron chi connectivity index (χ3n) is 1.44. The fraction of sp³-hybridized carbons (Fsp3) is 0.500. The number of nitrogens with two attached hydrogens (primary N) is 1. The molecule has 0 saturated heterocycles. The molecule has 0 radical (unpaired) electrons. The van der Waals surface area contributed by atoms with Gasteiger partial charge in [-0.25, -0.2) is 0 Å². The molecule has 0 bridgehead atoms. The highest BCUT2D eigenvalue weighted by Gasteiger charge is 2.04. The molecule has 0 amide bonds. The van der Waals surface area contributed by atoms with Crippen molar-refractivity contribution in [2.24, 2.45) is 5.73 Å². The lowest BCUT2D eigenvalue weighted by Gasteiger charge is -2.06. The molecule has 2 N–H and O–H groups in total. The molecule has 68 valence electrons. The molecule has 0 aliphatic carbocycles. The van der Waals surface area contributed by atoms with Crippen LogP contribution in [0.25, 0.3) is 0 Å². The van der Waals surface area contributed by atoms with Crippen LogP contribution in [0.1, 0.15) is 13.3 Å². The van der Waals surface area contributed by atoms with Gasteiger partial charge in [-0.15, -0.1) is 23.1 Å². The fourth-order valence-electron chi connectivity index (χ4n) is 0.853. The summed E-state index contributed by atoms with van der Waals surface area (Å²) in [5.74, 6) is 0. The van der Waals surface area contributed by atoms with Gasteiger partial charge in [0.1, 0.15) is 0 Å². The van der Waals surface area contributed by atoms with Crippen LogP contribution in [0, 0.1) is 0 Å². The van der Waals surface area contributed by atoms with Crippen LogP contribution >= 0.6 is 34.7 Å². The minimum atomic E-state index is 0.588. The summed E-state index contributed by atoms with van der Waals surface area (Å²) in [6.07, 6.45) is 1.06. The van der Waals surface area contributed by atoms with Crippen LogP contribution in [0.4, 0.5) is 0 Å². The quantitative estimate of drug-likeness (QED) is 0.791. The van der Waals surface area contributed by atoms with Crippen LogP contribution < -0.4 is 5.73 Å². The molecule has 0 fully saturated rings. The van der Waals surface area contributed by atoms with Crippen LogP contribution in [-0.4, -0.2) is 11.8 Å². The number of thiophene rings is 1. The zero-order valence-corrected chi connectivity index (χ0v) is 9.31. The number of halogens is 1. The Morgan fingerprint density at radius 3 is 2.92 bits per heavy atom. The van der Waals surface area contributed by atoms with Gasteiger partial charge in [-0.2, -0.15) is 0 Å². The number of hydrogen-bond acceptors (Lipinski definition) is 3. The predicted octanol–water partition coefficient (Wildman–Crippen LogP) is 3.23. The number of rotatable bonds is 4. The first-order valence-electron chi connectivity index (χ1n) is 3.84. The Kier molecular flexibility index (Phi) is 4.43. The minimum absolute atomic E-state index is 0.588. The smallest absolute Gasteiger partial charge is 0.0940 e. The zero-order chi connectivity index (χ0) is 8.97. The van der Waals surface area contributed by atoms with Crippen molar-refractivity contribution in [1.29, 1.82) is 0 Å². The topological polar surface area (TPSA) is 26.0 Å². The van der Waals surface area contributed by atoms with E-state index in [9.17, 15) is 0 Å². The monoisotopic (exact) mass is 221 g/mol. The molecule has 0 aliphatic heterocycles. The Hall–Kier alpha value is 0.300. The van der Waals surface area contributed by atoms with Gasteiger partial charge in [-0.05, 0) is 25.1 Å². The normalized spacial score (nSPS) is 13.2. The van der Waals surface area contributed by atoms with Crippen molar-refractivity contribution in [1.82, 2.24) is 0 Å². The highest BCUT2D eigenvalue weighted by atomic mass is 35.5. The van der Waals surface area contributed by atoms with E-state index in [0.717, 1.165) is 17.3 Å². The summed E-state index contributed by atoms with van der Waals surface area (Å²) in [4.78, 5) is 0. The van der Waals surface area contributed by atoms with Crippen molar-refractivity contribution in [3.8, 4) is 0 Å². The van der Waals surface area contributed by atoms with Gasteiger partial charge in [0.05, 0.1) is 8.55 Å². The molecular formula is C8H12ClNS2. The summed E-state index contributed by atoms with van der Waals surface area (Å²) in [6, 6.07) is 3.99. The minimum Gasteiger partial charge on any atom is -0.330 e. The van der Waals surface area contributed by atoms with Gasteiger partial charge in [0.15, 0.2) is 0 Å². The first kappa shape index (κ1) is 10.4. The highest BCUT2D eigenvalue weighted by Crippen LogP contribution is 2.33. The molecule has 0 spiro atoms. The fourth-order valence-corrected chi connectivity index (χ4v) is 3.52. The van der Waals surface area contributed by atoms with Gasteiger partial charge < -0.3 is 5.73 Å². The first-order chi connectivity index (χ1) is 5.72. The van der Waals surface area contributed by atoms with Crippen molar-refractivity contribution in [2.45, 2.75) is 22.8 Å². The molecule has 0 aromatic carbocycles. The molecule has 0 saturated carbocycles. The Bertz CT molecular complexity index is 237. The molecule has 12 heavy (non-hydrogen) atoms. The van der Waals surface area contributed by atoms with Crippen molar-refractivity contribution in [3.63, 3.8) is 0 Å². The van der Waals surface area contributed by atoms with Gasteiger partial charge in [0.25, 0.3) is 0 Å². The largest absolute Gasteiger partial charge is 0.330 e. The van der Waals surface area contributed by atoms with E-state index in [0.29, 0.717) is 5.25 Å². The van der Waals surface area contributed by atoms with Crippen LogP contribution in [0.2, 0.25) is 4.34 Å². The van der Waals surface area contributed by atoms with Crippen molar-refractivity contribution in [2.75, 3.05) is 6.54 Å². The predicted molar refractivity (Wildman–Crippen MR) is 58.3 cm³/mol. The summed E-state index contributed by atoms with van der Waals surface area (Å²) in [5.41, 5.74) is 5.45. The van der Waals surface area contributed by atoms with Gasteiger partial charge >= 0.3 is 0 Å². The first-order valence-corrected chi connectivity index (χ1v) is 5.92. The summed E-state index contributed by atoms with van der Waals surface area (Å²) in [6.45, 7) is 2.94. The standard InChI is InChI=1S/C8H12ClNS2/c1-6(4-5-10)11-8-3-2-7(9)12-8/h2-3,6H,4-5,10H2,1H3. The zero-order valence-electron chi connectivity index (χ0n) is 6.92. The maximum absolute atomic E-state index is 5.80. The van der Waals surface area contributed by atoms with Crippen molar-refractivity contribution >= 4 is 34.7 Å². The molecule has 1 atom stereocenters. The summed E-state index contributed by atoms with van der Waals surface area (Å²) < 4.78 is 2.14. The molecule has 1 rings (SSSR count). The van der Waals surface area contributed by atoms with Gasteiger partial charge in [-0.1, -0.05) is 18.5 Å². The van der Waals surface area contributed by atoms with E-state index in [2.05, 4.69) is 13.0 Å². The second kappa shape index (κ2) is 5.12. The van der Waals surface area contributed by atoms with E-state index in [1.807, 2.05) is 17.8 Å². The molecular weight excluding hydrogens is 210 g/mol. The molecule has 1 aromatic heterocycles. The van der Waals surface area contributed by atoms with Crippen LogP contribution in [0.15, 0.2) is 16.3 Å². The molecule has 1 nitrogen and oxygen atoms in total. The molecule has 0 aliphatic rings. The van der Waals surface area contributed by atoms with Gasteiger partial charge in [-0.3, -0.25) is 0 Å². The lowest BCUT2D eigenvalue weighted by atomic mass is 10.3. The SMILES string of the molecule is CC(CCN)Sc1ccc(Cl)s1. The summed E-state index contributed by atoms with van der Waals surface area (Å²) in [5, 5.41) is 0.588. The molecule has 1 unspecified atom stereocenters. The van der Waals surface area contributed by atoms with E-state index < -0.39 is 0 Å². The van der Waals surface area contributed by atoms with Gasteiger partial charge in [0.2, 0.25) is 0 Å². The van der Waals surface area contributed by atoms with Crippen LogP contribution in [0.3, 0.4) is 0 Å². The van der Waals surface area contributed by atoms with Crippen molar-refractivity contribution < 1.29 is 0 Å². The second-order valence-corrected chi connectivity index (χ2v) is 6.02. The molecule has 1 aromatic rings. The van der Waals surface area contributed by atoms with E-state index in [4.69, 9.17) is 17.3 Å². The van der Waals surface area contributed by atoms with E-state index in [-0.39, 0.29) is 0 Å².